The smallest absolute Gasteiger partial charge is 0.410 e. The lowest BCUT2D eigenvalue weighted by molar-refractivity contribution is -0.00772. The van der Waals surface area contributed by atoms with E-state index in [-0.39, 0.29) is 18.7 Å². The fraction of sp³-hybridized carbons (Fsp3) is 0.462. The van der Waals surface area contributed by atoms with Crippen LogP contribution in [-0.4, -0.2) is 43.3 Å². The first-order valence-corrected chi connectivity index (χ1v) is 6.06. The van der Waals surface area contributed by atoms with Gasteiger partial charge in [-0.25, -0.2) is 4.79 Å². The molecule has 0 spiro atoms. The molecule has 1 aliphatic heterocycles. The third-order valence-corrected chi connectivity index (χ3v) is 2.94. The number of nitrogens with zero attached hydrogens (tertiary/aromatic N) is 1. The Morgan fingerprint density at radius 1 is 1.44 bits per heavy atom. The molecule has 0 aliphatic carbocycles. The molecule has 1 atom stereocenters. The predicted octanol–water partition coefficient (Wildman–Crippen LogP) is 0.983. The van der Waals surface area contributed by atoms with Crippen LogP contribution in [0.4, 0.5) is 4.79 Å². The molecule has 1 saturated heterocycles. The summed E-state index contributed by atoms with van der Waals surface area (Å²) >= 11 is 0. The number of benzene rings is 1. The van der Waals surface area contributed by atoms with E-state index in [4.69, 9.17) is 15.2 Å². The Bertz CT molecular complexity index is 383. The summed E-state index contributed by atoms with van der Waals surface area (Å²) in [6, 6.07) is 9.53. The van der Waals surface area contributed by atoms with Crippen molar-refractivity contribution in [2.75, 3.05) is 26.3 Å². The molecule has 0 radical (unpaired) electrons. The molecule has 0 unspecified atom stereocenters. The van der Waals surface area contributed by atoms with E-state index in [9.17, 15) is 4.79 Å². The van der Waals surface area contributed by atoms with E-state index in [1.54, 1.807) is 4.90 Å². The van der Waals surface area contributed by atoms with Crippen molar-refractivity contribution in [3.05, 3.63) is 35.9 Å². The highest BCUT2D eigenvalue weighted by Crippen LogP contribution is 2.09. The lowest BCUT2D eigenvalue weighted by Crippen LogP contribution is -2.52. The molecular formula is C13H18N2O3. The van der Waals surface area contributed by atoms with E-state index in [1.807, 2.05) is 30.3 Å². The van der Waals surface area contributed by atoms with Crippen LogP contribution in [0, 0.1) is 0 Å². The molecular weight excluding hydrogens is 232 g/mol. The van der Waals surface area contributed by atoms with Gasteiger partial charge in [0.05, 0.1) is 19.3 Å². The van der Waals surface area contributed by atoms with E-state index in [0.717, 1.165) is 5.56 Å². The topological polar surface area (TPSA) is 64.8 Å². The molecule has 1 aromatic carbocycles. The van der Waals surface area contributed by atoms with Crippen molar-refractivity contribution >= 4 is 6.09 Å². The molecule has 0 aromatic heterocycles. The zero-order chi connectivity index (χ0) is 12.8. The van der Waals surface area contributed by atoms with Crippen LogP contribution >= 0.6 is 0 Å². The van der Waals surface area contributed by atoms with Gasteiger partial charge in [-0.2, -0.15) is 0 Å². The minimum absolute atomic E-state index is 0.0815. The molecule has 1 heterocycles. The second kappa shape index (κ2) is 6.37. The zero-order valence-electron chi connectivity index (χ0n) is 10.2. The van der Waals surface area contributed by atoms with Gasteiger partial charge in [-0.05, 0) is 5.56 Å². The first-order valence-electron chi connectivity index (χ1n) is 6.06. The molecule has 2 rings (SSSR count). The summed E-state index contributed by atoms with van der Waals surface area (Å²) in [5.74, 6) is 0. The van der Waals surface area contributed by atoms with Crippen molar-refractivity contribution in [2.24, 2.45) is 5.73 Å². The number of hydrogen-bond acceptors (Lipinski definition) is 4. The van der Waals surface area contributed by atoms with Crippen LogP contribution in [0.5, 0.6) is 0 Å². The van der Waals surface area contributed by atoms with Gasteiger partial charge in [0, 0.05) is 13.1 Å². The van der Waals surface area contributed by atoms with Crippen LogP contribution in [0.1, 0.15) is 5.56 Å². The van der Waals surface area contributed by atoms with Gasteiger partial charge in [0.15, 0.2) is 0 Å². The SMILES string of the molecule is NC[C@@H]1COCCN1C(=O)OCc1ccccc1. The van der Waals surface area contributed by atoms with Crippen molar-refractivity contribution in [1.29, 1.82) is 0 Å². The largest absolute Gasteiger partial charge is 0.445 e. The van der Waals surface area contributed by atoms with E-state index in [2.05, 4.69) is 0 Å². The van der Waals surface area contributed by atoms with Crippen molar-refractivity contribution in [3.63, 3.8) is 0 Å². The molecule has 1 aliphatic rings. The van der Waals surface area contributed by atoms with E-state index in [1.165, 1.54) is 0 Å². The van der Waals surface area contributed by atoms with Gasteiger partial charge in [-0.3, -0.25) is 4.90 Å². The highest BCUT2D eigenvalue weighted by molar-refractivity contribution is 5.68. The molecule has 2 N–H and O–H groups in total. The standard InChI is InChI=1S/C13H18N2O3/c14-8-12-10-17-7-6-15(12)13(16)18-9-11-4-2-1-3-5-11/h1-5,12H,6-10,14H2/t12-/m1/s1. The Morgan fingerprint density at radius 2 is 2.22 bits per heavy atom. The summed E-state index contributed by atoms with van der Waals surface area (Å²) < 4.78 is 10.6. The van der Waals surface area contributed by atoms with Gasteiger partial charge in [0.2, 0.25) is 0 Å². The number of ether oxygens (including phenoxy) is 2. The Kier molecular flexibility index (Phi) is 4.55. The van der Waals surface area contributed by atoms with E-state index in [0.29, 0.717) is 26.3 Å². The normalized spacial score (nSPS) is 19.6. The predicted molar refractivity (Wildman–Crippen MR) is 67.0 cm³/mol. The number of rotatable bonds is 3. The van der Waals surface area contributed by atoms with Crippen LogP contribution < -0.4 is 5.73 Å². The van der Waals surface area contributed by atoms with Crippen molar-refractivity contribution in [3.8, 4) is 0 Å². The molecule has 1 fully saturated rings. The molecule has 1 amide bonds. The summed E-state index contributed by atoms with van der Waals surface area (Å²) in [5, 5.41) is 0. The zero-order valence-corrected chi connectivity index (χ0v) is 10.2. The maximum Gasteiger partial charge on any atom is 0.410 e. The molecule has 0 saturated carbocycles. The quantitative estimate of drug-likeness (QED) is 0.868. The number of morpholine rings is 1. The second-order valence-corrected chi connectivity index (χ2v) is 4.20. The molecule has 5 heteroatoms. The molecule has 18 heavy (non-hydrogen) atoms. The highest BCUT2D eigenvalue weighted by Gasteiger charge is 2.27. The summed E-state index contributed by atoms with van der Waals surface area (Å²) in [4.78, 5) is 13.6. The average Bonchev–Trinajstić information content (AvgIpc) is 2.45. The first-order chi connectivity index (χ1) is 8.81. The maximum absolute atomic E-state index is 11.9. The second-order valence-electron chi connectivity index (χ2n) is 4.20. The van der Waals surface area contributed by atoms with Crippen LogP contribution in [0.15, 0.2) is 30.3 Å². The minimum Gasteiger partial charge on any atom is -0.445 e. The van der Waals surface area contributed by atoms with Crippen molar-refractivity contribution in [1.82, 2.24) is 4.90 Å². The van der Waals surface area contributed by atoms with Gasteiger partial charge in [0.25, 0.3) is 0 Å². The molecule has 1 aromatic rings. The minimum atomic E-state index is -0.322. The van der Waals surface area contributed by atoms with Gasteiger partial charge >= 0.3 is 6.09 Å². The maximum atomic E-state index is 11.9. The van der Waals surface area contributed by atoms with E-state index >= 15 is 0 Å². The molecule has 0 bridgehead atoms. The summed E-state index contributed by atoms with van der Waals surface area (Å²) in [6.07, 6.45) is -0.322. The van der Waals surface area contributed by atoms with Crippen LogP contribution in [0.2, 0.25) is 0 Å². The lowest BCUT2D eigenvalue weighted by Gasteiger charge is -2.33. The fourth-order valence-corrected chi connectivity index (χ4v) is 1.89. The third kappa shape index (κ3) is 3.21. The Hall–Kier alpha value is -1.59. The molecule has 5 nitrogen and oxygen atoms in total. The van der Waals surface area contributed by atoms with Crippen molar-refractivity contribution in [2.45, 2.75) is 12.6 Å². The first kappa shape index (κ1) is 12.9. The Balaban J connectivity index is 1.87. The van der Waals surface area contributed by atoms with Crippen molar-refractivity contribution < 1.29 is 14.3 Å². The van der Waals surface area contributed by atoms with E-state index < -0.39 is 0 Å². The summed E-state index contributed by atoms with van der Waals surface area (Å²) in [7, 11) is 0. The van der Waals surface area contributed by atoms with Gasteiger partial charge in [-0.15, -0.1) is 0 Å². The average molecular weight is 250 g/mol. The fourth-order valence-electron chi connectivity index (χ4n) is 1.89. The van der Waals surface area contributed by atoms with Gasteiger partial charge in [0.1, 0.15) is 6.61 Å². The number of carbonyl (C=O) groups is 1. The number of nitrogens with two attached hydrogens (primary N) is 1. The Morgan fingerprint density at radius 3 is 2.94 bits per heavy atom. The van der Waals surface area contributed by atoms with Gasteiger partial charge < -0.3 is 15.2 Å². The highest BCUT2D eigenvalue weighted by atomic mass is 16.6. The summed E-state index contributed by atoms with van der Waals surface area (Å²) in [5.41, 5.74) is 6.58. The van der Waals surface area contributed by atoms with Crippen LogP contribution in [0.3, 0.4) is 0 Å². The monoisotopic (exact) mass is 250 g/mol. The van der Waals surface area contributed by atoms with Crippen LogP contribution in [-0.2, 0) is 16.1 Å². The summed E-state index contributed by atoms with van der Waals surface area (Å²) in [6.45, 7) is 2.23. The van der Waals surface area contributed by atoms with Gasteiger partial charge in [-0.1, -0.05) is 30.3 Å². The van der Waals surface area contributed by atoms with Crippen LogP contribution in [0.25, 0.3) is 0 Å². The number of amides is 1. The number of carbonyl (C=O) groups excluding carboxylic acids is 1. The number of hydrogen-bond donors (Lipinski definition) is 1. The molecule has 98 valence electrons. The third-order valence-electron chi connectivity index (χ3n) is 2.94. The lowest BCUT2D eigenvalue weighted by atomic mass is 10.2. The Labute approximate surface area is 106 Å².